The summed E-state index contributed by atoms with van der Waals surface area (Å²) in [5.41, 5.74) is 2.11. The van der Waals surface area contributed by atoms with Crippen LogP contribution in [0.15, 0.2) is 40.9 Å². The van der Waals surface area contributed by atoms with Crippen molar-refractivity contribution >= 4 is 29.5 Å². The monoisotopic (exact) mass is 383 g/mol. The molecule has 0 bridgehead atoms. The van der Waals surface area contributed by atoms with Gasteiger partial charge in [-0.15, -0.1) is 0 Å². The minimum absolute atomic E-state index is 0.290. The Hall–Kier alpha value is -3.09. The molecule has 1 aliphatic rings. The highest BCUT2D eigenvalue weighted by molar-refractivity contribution is 5.94. The maximum Gasteiger partial charge on any atom is 0.331 e. The topological polar surface area (TPSA) is 84.7 Å². The number of nitrogens with zero attached hydrogens (tertiary/aromatic N) is 2. The van der Waals surface area contributed by atoms with E-state index in [-0.39, 0.29) is 6.61 Å². The summed E-state index contributed by atoms with van der Waals surface area (Å²) < 4.78 is 9.78. The minimum Gasteiger partial charge on any atom is -0.452 e. The highest BCUT2D eigenvalue weighted by atomic mass is 16.5. The second-order valence-corrected chi connectivity index (χ2v) is 6.80. The quantitative estimate of drug-likeness (QED) is 0.606. The predicted octanol–water partition coefficient (Wildman–Crippen LogP) is 3.56. The zero-order chi connectivity index (χ0) is 19.8. The van der Waals surface area contributed by atoms with Crippen LogP contribution in [0.4, 0.5) is 11.5 Å². The Balaban J connectivity index is 1.45. The number of hydrogen-bond acceptors (Lipinski definition) is 6. The van der Waals surface area contributed by atoms with Crippen molar-refractivity contribution in [2.24, 2.45) is 0 Å². The largest absolute Gasteiger partial charge is 0.452 e. The van der Waals surface area contributed by atoms with E-state index >= 15 is 0 Å². The van der Waals surface area contributed by atoms with Crippen molar-refractivity contribution in [2.75, 3.05) is 29.9 Å². The first-order valence-electron chi connectivity index (χ1n) is 9.53. The van der Waals surface area contributed by atoms with Crippen LogP contribution in [-0.4, -0.2) is 36.7 Å². The standard InChI is InChI=1S/C21H25N3O4/c1-16-14-19(23-28-16)22-20(25)15-27-21(26)11-8-17-6-9-18(10-7-17)24-12-4-2-3-5-13-24/h6-11,14H,2-5,12-13,15H2,1H3,(H,22,23,25)/b11-8+. The second-order valence-electron chi connectivity index (χ2n) is 6.80. The van der Waals surface area contributed by atoms with E-state index in [4.69, 9.17) is 9.26 Å². The SMILES string of the molecule is Cc1cc(NC(=O)COC(=O)/C=C/c2ccc(N3CCCCCC3)cc2)no1. The van der Waals surface area contributed by atoms with Gasteiger partial charge in [0.25, 0.3) is 5.91 Å². The number of aromatic nitrogens is 1. The van der Waals surface area contributed by atoms with Crippen LogP contribution in [0, 0.1) is 6.92 Å². The molecule has 1 fully saturated rings. The van der Waals surface area contributed by atoms with Crippen molar-refractivity contribution in [1.29, 1.82) is 0 Å². The lowest BCUT2D eigenvalue weighted by Crippen LogP contribution is -2.23. The summed E-state index contributed by atoms with van der Waals surface area (Å²) in [4.78, 5) is 25.9. The van der Waals surface area contributed by atoms with Gasteiger partial charge in [-0.2, -0.15) is 0 Å². The molecule has 3 rings (SSSR count). The maximum absolute atomic E-state index is 11.8. The molecule has 28 heavy (non-hydrogen) atoms. The van der Waals surface area contributed by atoms with E-state index in [1.807, 2.05) is 12.1 Å². The fraction of sp³-hybridized carbons (Fsp3) is 0.381. The molecule has 0 unspecified atom stereocenters. The number of nitrogens with one attached hydrogen (secondary N) is 1. The van der Waals surface area contributed by atoms with Crippen molar-refractivity contribution in [1.82, 2.24) is 5.16 Å². The van der Waals surface area contributed by atoms with Crippen LogP contribution in [0.3, 0.4) is 0 Å². The van der Waals surface area contributed by atoms with Gasteiger partial charge in [0.05, 0.1) is 0 Å². The van der Waals surface area contributed by atoms with Gasteiger partial charge < -0.3 is 19.5 Å². The van der Waals surface area contributed by atoms with E-state index < -0.39 is 11.9 Å². The van der Waals surface area contributed by atoms with Gasteiger partial charge >= 0.3 is 5.97 Å². The predicted molar refractivity (Wildman–Crippen MR) is 107 cm³/mol. The summed E-state index contributed by atoms with van der Waals surface area (Å²) in [7, 11) is 0. The zero-order valence-corrected chi connectivity index (χ0v) is 16.0. The first-order chi connectivity index (χ1) is 13.6. The Bertz CT molecular complexity index is 818. The van der Waals surface area contributed by atoms with E-state index in [0.717, 1.165) is 18.7 Å². The van der Waals surface area contributed by atoms with Gasteiger partial charge in [-0.05, 0) is 43.5 Å². The number of amides is 1. The number of aryl methyl sites for hydroxylation is 1. The lowest BCUT2D eigenvalue weighted by molar-refractivity contribution is -0.142. The van der Waals surface area contributed by atoms with Gasteiger partial charge in [0.2, 0.25) is 0 Å². The Kier molecular flexibility index (Phi) is 6.84. The van der Waals surface area contributed by atoms with Gasteiger partial charge in [0, 0.05) is 30.9 Å². The molecule has 1 amide bonds. The van der Waals surface area contributed by atoms with E-state index in [1.165, 1.54) is 37.4 Å². The average molecular weight is 383 g/mol. The molecule has 0 radical (unpaired) electrons. The summed E-state index contributed by atoms with van der Waals surface area (Å²) in [5, 5.41) is 6.12. The average Bonchev–Trinajstić information content (AvgIpc) is 2.94. The smallest absolute Gasteiger partial charge is 0.331 e. The van der Waals surface area contributed by atoms with Crippen molar-refractivity contribution in [2.45, 2.75) is 32.6 Å². The van der Waals surface area contributed by atoms with E-state index in [1.54, 1.807) is 19.1 Å². The Morgan fingerprint density at radius 1 is 1.18 bits per heavy atom. The Labute approximate surface area is 164 Å². The third-order valence-corrected chi connectivity index (χ3v) is 4.52. The number of carbonyl (C=O) groups excluding carboxylic acids is 2. The molecule has 0 atom stereocenters. The molecule has 1 aromatic heterocycles. The van der Waals surface area contributed by atoms with Gasteiger partial charge in [-0.1, -0.05) is 30.1 Å². The van der Waals surface area contributed by atoms with Crippen molar-refractivity contribution in [3.05, 3.63) is 47.7 Å². The summed E-state index contributed by atoms with van der Waals surface area (Å²) in [5.74, 6) is -0.185. The molecule has 0 saturated carbocycles. The molecule has 7 heteroatoms. The first-order valence-corrected chi connectivity index (χ1v) is 9.53. The molecule has 1 aliphatic heterocycles. The lowest BCUT2D eigenvalue weighted by Gasteiger charge is -2.22. The molecule has 0 spiro atoms. The second kappa shape index (κ2) is 9.73. The van der Waals surface area contributed by atoms with Crippen LogP contribution in [0.2, 0.25) is 0 Å². The Morgan fingerprint density at radius 2 is 1.89 bits per heavy atom. The molecule has 2 heterocycles. The number of rotatable bonds is 6. The molecule has 7 nitrogen and oxygen atoms in total. The molecule has 148 valence electrons. The number of benzene rings is 1. The summed E-state index contributed by atoms with van der Waals surface area (Å²) in [6.45, 7) is 3.52. The van der Waals surface area contributed by atoms with Crippen LogP contribution in [0.1, 0.15) is 37.0 Å². The molecule has 0 aliphatic carbocycles. The van der Waals surface area contributed by atoms with Gasteiger partial charge in [-0.3, -0.25) is 4.79 Å². The lowest BCUT2D eigenvalue weighted by atomic mass is 10.1. The fourth-order valence-electron chi connectivity index (χ4n) is 3.08. The first kappa shape index (κ1) is 19.7. The number of carbonyl (C=O) groups is 2. The van der Waals surface area contributed by atoms with E-state index in [9.17, 15) is 9.59 Å². The third kappa shape index (κ3) is 5.97. The van der Waals surface area contributed by atoms with Crippen molar-refractivity contribution in [3.8, 4) is 0 Å². The molecule has 1 N–H and O–H groups in total. The highest BCUT2D eigenvalue weighted by Gasteiger charge is 2.10. The third-order valence-electron chi connectivity index (χ3n) is 4.52. The van der Waals surface area contributed by atoms with Crippen LogP contribution >= 0.6 is 0 Å². The van der Waals surface area contributed by atoms with Crippen molar-refractivity contribution < 1.29 is 18.8 Å². The number of hydrogen-bond donors (Lipinski definition) is 1. The summed E-state index contributed by atoms with van der Waals surface area (Å²) >= 11 is 0. The van der Waals surface area contributed by atoms with Crippen molar-refractivity contribution in [3.63, 3.8) is 0 Å². The molecular weight excluding hydrogens is 358 g/mol. The Morgan fingerprint density at radius 3 is 2.54 bits per heavy atom. The minimum atomic E-state index is -0.580. The van der Waals surface area contributed by atoms with Crippen LogP contribution in [0.5, 0.6) is 0 Å². The summed E-state index contributed by atoms with van der Waals surface area (Å²) in [6.07, 6.45) is 8.06. The van der Waals surface area contributed by atoms with E-state index in [0.29, 0.717) is 11.6 Å². The van der Waals surface area contributed by atoms with Crippen LogP contribution < -0.4 is 10.2 Å². The fourth-order valence-corrected chi connectivity index (χ4v) is 3.08. The van der Waals surface area contributed by atoms with Gasteiger partial charge in [0.15, 0.2) is 12.4 Å². The van der Waals surface area contributed by atoms with Gasteiger partial charge in [0.1, 0.15) is 5.76 Å². The maximum atomic E-state index is 11.8. The molecule has 2 aromatic rings. The normalized spacial score (nSPS) is 14.7. The molecular formula is C21H25N3O4. The number of ether oxygens (including phenoxy) is 1. The zero-order valence-electron chi connectivity index (χ0n) is 16.0. The molecule has 1 aromatic carbocycles. The van der Waals surface area contributed by atoms with Crippen LogP contribution in [-0.2, 0) is 14.3 Å². The molecule has 1 saturated heterocycles. The van der Waals surface area contributed by atoms with Gasteiger partial charge in [-0.25, -0.2) is 4.79 Å². The van der Waals surface area contributed by atoms with E-state index in [2.05, 4.69) is 27.5 Å². The van der Waals surface area contributed by atoms with Crippen LogP contribution in [0.25, 0.3) is 6.08 Å². The summed E-state index contributed by atoms with van der Waals surface area (Å²) in [6, 6.07) is 9.68. The number of anilines is 2. The number of esters is 1. The highest BCUT2D eigenvalue weighted by Crippen LogP contribution is 2.20.